The molecule has 1 aliphatic carbocycles. The maximum atomic E-state index is 13.7. The van der Waals surface area contributed by atoms with Crippen molar-refractivity contribution in [1.82, 2.24) is 25.9 Å². The van der Waals surface area contributed by atoms with Gasteiger partial charge >= 0.3 is 0 Å². The van der Waals surface area contributed by atoms with Gasteiger partial charge in [0.05, 0.1) is 11.0 Å². The van der Waals surface area contributed by atoms with Gasteiger partial charge in [0.15, 0.2) is 5.82 Å². The summed E-state index contributed by atoms with van der Waals surface area (Å²) in [5.74, 6) is -0.870. The Morgan fingerprint density at radius 1 is 0.941 bits per heavy atom. The van der Waals surface area contributed by atoms with E-state index >= 15 is 0 Å². The van der Waals surface area contributed by atoms with Gasteiger partial charge in [0.1, 0.15) is 6.04 Å². The molecule has 0 unspecified atom stereocenters. The number of amides is 3. The van der Waals surface area contributed by atoms with E-state index < -0.39 is 24.2 Å². The number of carbonyl (C=O) groups excluding carboxylic acids is 3. The number of fused-ring (bicyclic) bond motifs is 1. The van der Waals surface area contributed by atoms with Crippen LogP contribution >= 0.6 is 12.4 Å². The molecule has 0 bridgehead atoms. The molecule has 51 heavy (non-hydrogen) atoms. The monoisotopic (exact) mass is 721 g/mol. The highest BCUT2D eigenvalue weighted by Crippen LogP contribution is 2.29. The van der Waals surface area contributed by atoms with E-state index in [1.54, 1.807) is 18.2 Å². The SMILES string of the molecule is Cc1cc(C(=O)NC2CCNCC2)ccc1-c1ccc(C[C@H](NC(=O)[C@H]2CC[C@H](CN)CC2)C(=O)Nc2ccc3nc(C(F)F)[nH]c3c2)cc1.Cl. The third kappa shape index (κ3) is 9.49. The molecule has 10 nitrogen and oxygen atoms in total. The summed E-state index contributed by atoms with van der Waals surface area (Å²) in [6.45, 7) is 4.39. The van der Waals surface area contributed by atoms with Crippen LogP contribution in [0.1, 0.15) is 72.3 Å². The van der Waals surface area contributed by atoms with Gasteiger partial charge in [-0.2, -0.15) is 0 Å². The predicted molar refractivity (Wildman–Crippen MR) is 197 cm³/mol. The Kier molecular flexibility index (Phi) is 12.8. The first kappa shape index (κ1) is 37.9. The number of nitrogens with zero attached hydrogens (tertiary/aromatic N) is 1. The second-order valence-corrected chi connectivity index (χ2v) is 13.6. The van der Waals surface area contributed by atoms with Gasteiger partial charge in [-0.15, -0.1) is 12.4 Å². The fourth-order valence-electron chi connectivity index (χ4n) is 7.02. The molecule has 1 atom stereocenters. The molecule has 7 N–H and O–H groups in total. The largest absolute Gasteiger partial charge is 0.349 e. The van der Waals surface area contributed by atoms with Crippen molar-refractivity contribution in [3.63, 3.8) is 0 Å². The molecule has 272 valence electrons. The number of hydrogen-bond acceptors (Lipinski definition) is 6. The van der Waals surface area contributed by atoms with Crippen molar-refractivity contribution in [2.45, 2.75) is 70.4 Å². The number of H-pyrrole nitrogens is 1. The van der Waals surface area contributed by atoms with E-state index in [1.165, 1.54) is 0 Å². The first-order valence-electron chi connectivity index (χ1n) is 17.5. The Morgan fingerprint density at radius 2 is 1.67 bits per heavy atom. The molecule has 0 radical (unpaired) electrons. The Hall–Kier alpha value is -4.39. The number of aryl methyl sites for hydroxylation is 1. The number of imidazole rings is 1. The van der Waals surface area contributed by atoms with Gasteiger partial charge in [0.25, 0.3) is 12.3 Å². The number of nitrogens with one attached hydrogen (secondary N) is 5. The highest BCUT2D eigenvalue weighted by Gasteiger charge is 2.29. The summed E-state index contributed by atoms with van der Waals surface area (Å²) < 4.78 is 26.4. The van der Waals surface area contributed by atoms with Crippen LogP contribution in [0.5, 0.6) is 0 Å². The molecular formula is C38H46ClF2N7O3. The number of aromatic nitrogens is 2. The van der Waals surface area contributed by atoms with Crippen LogP contribution in [-0.4, -0.2) is 59.4 Å². The molecule has 3 amide bonds. The van der Waals surface area contributed by atoms with Crippen LogP contribution in [0.4, 0.5) is 14.5 Å². The average molecular weight is 722 g/mol. The molecule has 1 saturated carbocycles. The lowest BCUT2D eigenvalue weighted by atomic mass is 9.81. The lowest BCUT2D eigenvalue weighted by Gasteiger charge is -2.28. The third-order valence-corrected chi connectivity index (χ3v) is 10.0. The van der Waals surface area contributed by atoms with E-state index in [9.17, 15) is 23.2 Å². The summed E-state index contributed by atoms with van der Waals surface area (Å²) in [5, 5.41) is 12.3. The van der Waals surface area contributed by atoms with Crippen LogP contribution in [0.25, 0.3) is 22.2 Å². The number of nitrogens with two attached hydrogens (primary N) is 1. The second kappa shape index (κ2) is 17.2. The molecule has 2 fully saturated rings. The van der Waals surface area contributed by atoms with Gasteiger partial charge in [-0.05, 0) is 124 Å². The van der Waals surface area contributed by atoms with Crippen molar-refractivity contribution < 1.29 is 23.2 Å². The van der Waals surface area contributed by atoms with Crippen LogP contribution in [0.15, 0.2) is 60.7 Å². The molecule has 6 rings (SSSR count). The van der Waals surface area contributed by atoms with Gasteiger partial charge in [-0.1, -0.05) is 30.3 Å². The number of piperidine rings is 1. The quantitative estimate of drug-likeness (QED) is 0.115. The lowest BCUT2D eigenvalue weighted by Crippen LogP contribution is -2.48. The van der Waals surface area contributed by atoms with E-state index in [0.29, 0.717) is 34.7 Å². The van der Waals surface area contributed by atoms with E-state index in [2.05, 4.69) is 31.2 Å². The van der Waals surface area contributed by atoms with Crippen molar-refractivity contribution in [2.24, 2.45) is 17.6 Å². The van der Waals surface area contributed by atoms with Crippen molar-refractivity contribution in [3.05, 3.63) is 83.2 Å². The van der Waals surface area contributed by atoms with Crippen LogP contribution in [0, 0.1) is 18.8 Å². The number of hydrogen-bond donors (Lipinski definition) is 6. The van der Waals surface area contributed by atoms with Crippen molar-refractivity contribution in [2.75, 3.05) is 25.0 Å². The van der Waals surface area contributed by atoms with Gasteiger partial charge in [-0.3, -0.25) is 14.4 Å². The molecule has 4 aromatic rings. The average Bonchev–Trinajstić information content (AvgIpc) is 3.56. The third-order valence-electron chi connectivity index (χ3n) is 10.0. The minimum absolute atomic E-state index is 0. The standard InChI is InChI=1S/C38H45F2N7O3.ClH/c1-22-18-27(37(49)43-28-14-16-42-17-15-28)10-12-30(22)25-6-2-23(3-7-25)19-33(47-36(48)26-8-4-24(21-41)5-9-26)38(50)44-29-11-13-31-32(20-29)46-35(45-31)34(39)40;/h2-3,6-7,10-13,18,20,24,26,28,33-34,42H,4-5,8-9,14-17,19,21,41H2,1H3,(H,43,49)(H,44,50)(H,45,46)(H,47,48);1H/t24-,26-,33-;/m0./s1. The Bertz CT molecular complexity index is 1820. The first-order chi connectivity index (χ1) is 24.2. The van der Waals surface area contributed by atoms with Crippen LogP contribution in [0.2, 0.25) is 0 Å². The summed E-state index contributed by atoms with van der Waals surface area (Å²) in [6, 6.07) is 17.6. The van der Waals surface area contributed by atoms with E-state index in [4.69, 9.17) is 5.73 Å². The van der Waals surface area contributed by atoms with Gasteiger partial charge in [0.2, 0.25) is 11.8 Å². The van der Waals surface area contributed by atoms with E-state index in [-0.39, 0.29) is 42.6 Å². The first-order valence-corrected chi connectivity index (χ1v) is 17.5. The number of halogens is 3. The van der Waals surface area contributed by atoms with Crippen LogP contribution in [-0.2, 0) is 16.0 Å². The zero-order valence-corrected chi connectivity index (χ0v) is 29.5. The molecule has 13 heteroatoms. The molecular weight excluding hydrogens is 676 g/mol. The van der Waals surface area contributed by atoms with Gasteiger partial charge in [-0.25, -0.2) is 13.8 Å². The zero-order valence-electron chi connectivity index (χ0n) is 28.6. The second-order valence-electron chi connectivity index (χ2n) is 13.6. The molecule has 1 aromatic heterocycles. The molecule has 1 aliphatic heterocycles. The highest BCUT2D eigenvalue weighted by molar-refractivity contribution is 5.99. The predicted octanol–water partition coefficient (Wildman–Crippen LogP) is 5.81. The number of anilines is 1. The maximum Gasteiger partial charge on any atom is 0.295 e. The topological polar surface area (TPSA) is 154 Å². The van der Waals surface area contributed by atoms with E-state index in [1.807, 2.05) is 49.4 Å². The number of alkyl halides is 2. The van der Waals surface area contributed by atoms with Gasteiger partial charge in [0, 0.05) is 29.6 Å². The summed E-state index contributed by atoms with van der Waals surface area (Å²) in [5.41, 5.74) is 11.4. The number of rotatable bonds is 11. The molecule has 0 spiro atoms. The molecule has 2 heterocycles. The number of carbonyl (C=O) groups is 3. The lowest BCUT2D eigenvalue weighted by molar-refractivity contribution is -0.130. The summed E-state index contributed by atoms with van der Waals surface area (Å²) in [4.78, 5) is 46.5. The minimum atomic E-state index is -2.75. The van der Waals surface area contributed by atoms with Crippen molar-refractivity contribution in [1.29, 1.82) is 0 Å². The number of aromatic amines is 1. The highest BCUT2D eigenvalue weighted by atomic mass is 35.5. The Balaban J connectivity index is 0.00000504. The Morgan fingerprint density at radius 3 is 2.33 bits per heavy atom. The Labute approximate surface area is 302 Å². The summed E-state index contributed by atoms with van der Waals surface area (Å²) in [6.07, 6.45) is 2.53. The zero-order chi connectivity index (χ0) is 35.2. The maximum absolute atomic E-state index is 13.7. The van der Waals surface area contributed by atoms with Crippen LogP contribution in [0.3, 0.4) is 0 Å². The minimum Gasteiger partial charge on any atom is -0.349 e. The summed E-state index contributed by atoms with van der Waals surface area (Å²) in [7, 11) is 0. The number of benzene rings is 3. The molecule has 3 aromatic carbocycles. The normalized spacial score (nSPS) is 18.5. The summed E-state index contributed by atoms with van der Waals surface area (Å²) >= 11 is 0. The smallest absolute Gasteiger partial charge is 0.295 e. The fraction of sp³-hybridized carbons (Fsp3) is 0.421. The van der Waals surface area contributed by atoms with Gasteiger partial charge < -0.3 is 32.0 Å². The van der Waals surface area contributed by atoms with Crippen molar-refractivity contribution in [3.8, 4) is 11.1 Å². The van der Waals surface area contributed by atoms with E-state index in [0.717, 1.165) is 73.9 Å². The molecule has 2 aliphatic rings. The van der Waals surface area contributed by atoms with Crippen molar-refractivity contribution >= 4 is 46.8 Å². The fourth-order valence-corrected chi connectivity index (χ4v) is 7.02. The molecule has 1 saturated heterocycles. The van der Waals surface area contributed by atoms with Crippen LogP contribution < -0.4 is 27.0 Å².